The number of carbonyl (C=O) groups excluding carboxylic acids is 1. The van der Waals surface area contributed by atoms with Crippen LogP contribution in [0.25, 0.3) is 6.08 Å². The average molecular weight is 543 g/mol. The fourth-order valence-corrected chi connectivity index (χ4v) is 5.34. The van der Waals surface area contributed by atoms with Crippen molar-refractivity contribution in [2.45, 2.75) is 19.9 Å². The Labute approximate surface area is 208 Å². The van der Waals surface area contributed by atoms with E-state index >= 15 is 0 Å². The summed E-state index contributed by atoms with van der Waals surface area (Å²) in [6.07, 6.45) is 1.78. The monoisotopic (exact) mass is 542 g/mol. The number of ether oxygens (including phenoxy) is 3. The minimum Gasteiger partial charge on any atom is -0.493 e. The summed E-state index contributed by atoms with van der Waals surface area (Å²) in [4.78, 5) is 31.7. The van der Waals surface area contributed by atoms with Gasteiger partial charge in [-0.2, -0.15) is 0 Å². The predicted octanol–water partition coefficient (Wildman–Crippen LogP) is 3.58. The molecule has 0 saturated carbocycles. The molecule has 176 valence electrons. The van der Waals surface area contributed by atoms with Crippen molar-refractivity contribution in [1.82, 2.24) is 4.57 Å². The fraction of sp³-hybridized carbons (Fsp3) is 0.240. The molecule has 0 unspecified atom stereocenters. The topological polar surface area (TPSA) is 79.1 Å². The van der Waals surface area contributed by atoms with Gasteiger partial charge in [-0.3, -0.25) is 9.36 Å². The van der Waals surface area contributed by atoms with E-state index in [0.717, 1.165) is 15.6 Å². The number of thiazole rings is 1. The Morgan fingerprint density at radius 3 is 2.50 bits per heavy atom. The molecule has 3 aromatic rings. The molecule has 0 radical (unpaired) electrons. The van der Waals surface area contributed by atoms with Crippen molar-refractivity contribution in [2.75, 3.05) is 20.8 Å². The van der Waals surface area contributed by atoms with Gasteiger partial charge >= 0.3 is 5.97 Å². The van der Waals surface area contributed by atoms with Crippen molar-refractivity contribution in [3.8, 4) is 11.5 Å². The Kier molecular flexibility index (Phi) is 7.04. The summed E-state index contributed by atoms with van der Waals surface area (Å²) in [5, 5.41) is 0. The Morgan fingerprint density at radius 2 is 1.85 bits per heavy atom. The zero-order valence-electron chi connectivity index (χ0n) is 19.1. The van der Waals surface area contributed by atoms with Gasteiger partial charge in [-0.05, 0) is 43.2 Å². The van der Waals surface area contributed by atoms with E-state index in [1.165, 1.54) is 11.3 Å². The Bertz CT molecular complexity index is 1460. The van der Waals surface area contributed by atoms with Gasteiger partial charge in [0.05, 0.1) is 42.7 Å². The molecule has 1 aromatic heterocycles. The van der Waals surface area contributed by atoms with Crippen LogP contribution in [0, 0.1) is 0 Å². The first-order valence-corrected chi connectivity index (χ1v) is 12.2. The molecule has 0 fully saturated rings. The number of esters is 1. The van der Waals surface area contributed by atoms with Gasteiger partial charge in [0.25, 0.3) is 5.56 Å². The number of hydrogen-bond donors (Lipinski definition) is 0. The second-order valence-electron chi connectivity index (χ2n) is 7.44. The van der Waals surface area contributed by atoms with Gasteiger partial charge in [0.1, 0.15) is 0 Å². The van der Waals surface area contributed by atoms with E-state index in [1.807, 2.05) is 30.3 Å². The Morgan fingerprint density at radius 1 is 1.18 bits per heavy atom. The van der Waals surface area contributed by atoms with Gasteiger partial charge in [-0.1, -0.05) is 57.6 Å². The molecular weight excluding hydrogens is 520 g/mol. The molecule has 34 heavy (non-hydrogen) atoms. The largest absolute Gasteiger partial charge is 0.493 e. The van der Waals surface area contributed by atoms with Crippen LogP contribution in [0.4, 0.5) is 0 Å². The zero-order valence-corrected chi connectivity index (χ0v) is 21.5. The molecule has 0 N–H and O–H groups in total. The minimum atomic E-state index is -0.632. The van der Waals surface area contributed by atoms with Crippen LogP contribution in [0.3, 0.4) is 0 Å². The summed E-state index contributed by atoms with van der Waals surface area (Å²) >= 11 is 4.81. The molecular formula is C25H23BrN2O5S. The first-order chi connectivity index (χ1) is 16.4. The molecule has 1 aliphatic heterocycles. The lowest BCUT2D eigenvalue weighted by Crippen LogP contribution is -2.39. The Balaban J connectivity index is 1.95. The maximum atomic E-state index is 13.7. The summed E-state index contributed by atoms with van der Waals surface area (Å²) in [6.45, 7) is 3.75. The number of nitrogens with zero attached hydrogens (tertiary/aromatic N) is 2. The molecule has 2 aromatic carbocycles. The fourth-order valence-electron chi connectivity index (χ4n) is 3.86. The highest BCUT2D eigenvalue weighted by molar-refractivity contribution is 9.10. The van der Waals surface area contributed by atoms with Crippen molar-refractivity contribution in [3.05, 3.63) is 89.0 Å². The predicted molar refractivity (Wildman–Crippen MR) is 134 cm³/mol. The standard InChI is InChI=1S/C25H23BrN2O5S/c1-5-33-24(30)21-14(2)27-25-28(22(21)15-9-7-6-8-10-15)23(29)20(34-25)12-16-11-18(31-3)19(32-4)13-17(16)26/h6-13,22H,5H2,1-4H3/b20-12-/t22-/m0/s1. The third-order valence-corrected chi connectivity index (χ3v) is 7.09. The zero-order chi connectivity index (χ0) is 24.4. The second kappa shape index (κ2) is 9.99. The number of fused-ring (bicyclic) bond motifs is 1. The SMILES string of the molecule is CCOC(=O)C1=C(C)N=c2s/c(=C\c3cc(OC)c(OC)cc3Br)c(=O)n2[C@H]1c1ccccc1. The van der Waals surface area contributed by atoms with Crippen LogP contribution in [0.2, 0.25) is 0 Å². The van der Waals surface area contributed by atoms with Gasteiger partial charge in [-0.15, -0.1) is 0 Å². The van der Waals surface area contributed by atoms with Crippen LogP contribution in [0.1, 0.15) is 31.0 Å². The van der Waals surface area contributed by atoms with E-state index in [0.29, 0.717) is 32.1 Å². The van der Waals surface area contributed by atoms with Crippen molar-refractivity contribution in [1.29, 1.82) is 0 Å². The van der Waals surface area contributed by atoms with E-state index in [9.17, 15) is 9.59 Å². The van der Waals surface area contributed by atoms with Crippen LogP contribution in [-0.4, -0.2) is 31.4 Å². The van der Waals surface area contributed by atoms with Gasteiger partial charge in [0, 0.05) is 4.47 Å². The molecule has 7 nitrogen and oxygen atoms in total. The number of benzene rings is 2. The molecule has 0 amide bonds. The third-order valence-electron chi connectivity index (χ3n) is 5.42. The lowest BCUT2D eigenvalue weighted by atomic mass is 9.96. The number of carbonyl (C=O) groups is 1. The Hall–Kier alpha value is -3.17. The van der Waals surface area contributed by atoms with Gasteiger partial charge in [0.15, 0.2) is 16.3 Å². The minimum absolute atomic E-state index is 0.231. The summed E-state index contributed by atoms with van der Waals surface area (Å²) in [5.41, 5.74) is 2.21. The van der Waals surface area contributed by atoms with Gasteiger partial charge in [-0.25, -0.2) is 9.79 Å². The molecule has 1 atom stereocenters. The maximum Gasteiger partial charge on any atom is 0.338 e. The molecule has 0 saturated heterocycles. The normalized spacial score (nSPS) is 15.6. The lowest BCUT2D eigenvalue weighted by molar-refractivity contribution is -0.139. The van der Waals surface area contributed by atoms with Crippen LogP contribution in [0.5, 0.6) is 11.5 Å². The van der Waals surface area contributed by atoms with Crippen LogP contribution >= 0.6 is 27.3 Å². The van der Waals surface area contributed by atoms with E-state index in [4.69, 9.17) is 14.2 Å². The van der Waals surface area contributed by atoms with Crippen LogP contribution < -0.4 is 24.4 Å². The van der Waals surface area contributed by atoms with Crippen LogP contribution in [0.15, 0.2) is 68.0 Å². The molecule has 4 rings (SSSR count). The molecule has 0 aliphatic carbocycles. The molecule has 0 spiro atoms. The quantitative estimate of drug-likeness (QED) is 0.445. The summed E-state index contributed by atoms with van der Waals surface area (Å²) in [5.74, 6) is 0.647. The van der Waals surface area contributed by atoms with Crippen molar-refractivity contribution in [3.63, 3.8) is 0 Å². The van der Waals surface area contributed by atoms with Crippen molar-refractivity contribution < 1.29 is 19.0 Å². The first kappa shape index (κ1) is 24.0. The highest BCUT2D eigenvalue weighted by Crippen LogP contribution is 2.34. The van der Waals surface area contributed by atoms with E-state index < -0.39 is 12.0 Å². The van der Waals surface area contributed by atoms with E-state index in [-0.39, 0.29) is 12.2 Å². The smallest absolute Gasteiger partial charge is 0.338 e. The number of halogens is 1. The van der Waals surface area contributed by atoms with Crippen molar-refractivity contribution >= 4 is 39.3 Å². The van der Waals surface area contributed by atoms with E-state index in [2.05, 4.69) is 20.9 Å². The molecule has 9 heteroatoms. The summed E-state index contributed by atoms with van der Waals surface area (Å²) in [7, 11) is 3.12. The number of methoxy groups -OCH3 is 2. The summed E-state index contributed by atoms with van der Waals surface area (Å²) < 4.78 is 18.9. The van der Waals surface area contributed by atoms with Crippen LogP contribution in [-0.2, 0) is 9.53 Å². The molecule has 1 aliphatic rings. The first-order valence-electron chi connectivity index (χ1n) is 10.6. The van der Waals surface area contributed by atoms with Crippen molar-refractivity contribution in [2.24, 2.45) is 4.99 Å². The van der Waals surface area contributed by atoms with Gasteiger partial charge in [0.2, 0.25) is 0 Å². The van der Waals surface area contributed by atoms with E-state index in [1.54, 1.807) is 50.8 Å². The molecule has 2 heterocycles. The summed E-state index contributed by atoms with van der Waals surface area (Å²) in [6, 6.07) is 12.4. The number of aromatic nitrogens is 1. The third kappa shape index (κ3) is 4.33. The lowest BCUT2D eigenvalue weighted by Gasteiger charge is -2.24. The molecule has 0 bridgehead atoms. The number of allylic oxidation sites excluding steroid dienone is 1. The average Bonchev–Trinajstić information content (AvgIpc) is 3.14. The number of rotatable bonds is 6. The number of hydrogen-bond acceptors (Lipinski definition) is 7. The highest BCUT2D eigenvalue weighted by Gasteiger charge is 2.33. The second-order valence-corrected chi connectivity index (χ2v) is 9.31. The highest BCUT2D eigenvalue weighted by atomic mass is 79.9. The van der Waals surface area contributed by atoms with Gasteiger partial charge < -0.3 is 14.2 Å². The maximum absolute atomic E-state index is 13.7.